The van der Waals surface area contributed by atoms with Gasteiger partial charge in [-0.2, -0.15) is 4.98 Å². The Bertz CT molecular complexity index is 1140. The summed E-state index contributed by atoms with van der Waals surface area (Å²) in [6, 6.07) is 22.8. The molecule has 1 aromatic heterocycles. The first kappa shape index (κ1) is 15.4. The number of aromatic nitrogens is 2. The summed E-state index contributed by atoms with van der Waals surface area (Å²) in [7, 11) is 0. The minimum absolute atomic E-state index is 0.0624. The smallest absolute Gasteiger partial charge is 0.228 e. The number of rotatable bonds is 1. The zero-order valence-corrected chi connectivity index (χ0v) is 14.9. The zero-order valence-electron chi connectivity index (χ0n) is 14.1. The number of hydrogen-bond acceptors (Lipinski definition) is 3. The van der Waals surface area contributed by atoms with E-state index in [9.17, 15) is 0 Å². The molecule has 1 atom stereocenters. The lowest BCUT2D eigenvalue weighted by Crippen LogP contribution is -2.15. The van der Waals surface area contributed by atoms with E-state index in [-0.39, 0.29) is 5.92 Å². The summed E-state index contributed by atoms with van der Waals surface area (Å²) in [6.07, 6.45) is 0. The summed E-state index contributed by atoms with van der Waals surface area (Å²) in [4.78, 5) is 8.91. The summed E-state index contributed by atoms with van der Waals surface area (Å²) in [6.45, 7) is 1.83. The molecule has 1 unspecified atom stereocenters. The van der Waals surface area contributed by atoms with Gasteiger partial charge in [-0.1, -0.05) is 78.3 Å². The second-order valence-electron chi connectivity index (χ2n) is 6.43. The van der Waals surface area contributed by atoms with E-state index in [1.165, 1.54) is 0 Å². The first-order chi connectivity index (χ1) is 12.7. The fourth-order valence-electron chi connectivity index (χ4n) is 3.69. The van der Waals surface area contributed by atoms with Gasteiger partial charge in [0.1, 0.15) is 16.7 Å². The molecular weight excluding hydrogens is 344 g/mol. The molecule has 26 heavy (non-hydrogen) atoms. The van der Waals surface area contributed by atoms with E-state index in [0.717, 1.165) is 33.2 Å². The van der Waals surface area contributed by atoms with Crippen molar-refractivity contribution in [1.29, 1.82) is 0 Å². The number of halogens is 1. The van der Waals surface area contributed by atoms with Crippen molar-refractivity contribution >= 4 is 22.4 Å². The van der Waals surface area contributed by atoms with Gasteiger partial charge in [0, 0.05) is 16.9 Å². The molecule has 4 heteroatoms. The maximum atomic E-state index is 6.55. The highest BCUT2D eigenvalue weighted by molar-refractivity contribution is 6.30. The third kappa shape index (κ3) is 2.28. The van der Waals surface area contributed by atoms with Gasteiger partial charge < -0.3 is 4.74 Å². The van der Waals surface area contributed by atoms with Gasteiger partial charge in [0.25, 0.3) is 0 Å². The van der Waals surface area contributed by atoms with Crippen LogP contribution in [0.1, 0.15) is 28.4 Å². The van der Waals surface area contributed by atoms with Crippen LogP contribution in [0.3, 0.4) is 0 Å². The summed E-state index contributed by atoms with van der Waals surface area (Å²) in [5.74, 6) is 1.93. The lowest BCUT2D eigenvalue weighted by atomic mass is 9.83. The van der Waals surface area contributed by atoms with Crippen molar-refractivity contribution < 1.29 is 4.74 Å². The van der Waals surface area contributed by atoms with Crippen LogP contribution in [0.2, 0.25) is 5.15 Å². The van der Waals surface area contributed by atoms with Gasteiger partial charge in [0.2, 0.25) is 5.88 Å². The summed E-state index contributed by atoms with van der Waals surface area (Å²) in [5.41, 5.74) is 3.05. The molecule has 0 radical (unpaired) electrons. The molecule has 0 saturated heterocycles. The molecular formula is C22H15ClN2O. The molecule has 0 spiro atoms. The lowest BCUT2D eigenvalue weighted by Gasteiger charge is -2.29. The average molecular weight is 359 g/mol. The maximum Gasteiger partial charge on any atom is 0.228 e. The van der Waals surface area contributed by atoms with E-state index in [1.807, 2.05) is 37.3 Å². The van der Waals surface area contributed by atoms with Crippen molar-refractivity contribution in [2.45, 2.75) is 12.8 Å². The van der Waals surface area contributed by atoms with Crippen LogP contribution in [0.4, 0.5) is 0 Å². The third-order valence-electron chi connectivity index (χ3n) is 4.82. The number of fused-ring (bicyclic) bond motifs is 4. The van der Waals surface area contributed by atoms with Crippen LogP contribution >= 0.6 is 11.6 Å². The predicted molar refractivity (Wildman–Crippen MR) is 103 cm³/mol. The molecule has 5 rings (SSSR count). The highest BCUT2D eigenvalue weighted by atomic mass is 35.5. The van der Waals surface area contributed by atoms with Gasteiger partial charge >= 0.3 is 0 Å². The number of ether oxygens (including phenoxy) is 1. The fourth-order valence-corrected chi connectivity index (χ4v) is 4.00. The molecule has 0 amide bonds. The average Bonchev–Trinajstić information content (AvgIpc) is 2.67. The van der Waals surface area contributed by atoms with Gasteiger partial charge in [-0.15, -0.1) is 0 Å². The van der Waals surface area contributed by atoms with Gasteiger partial charge in [-0.3, -0.25) is 0 Å². The highest BCUT2D eigenvalue weighted by Crippen LogP contribution is 2.50. The maximum absolute atomic E-state index is 6.55. The van der Waals surface area contributed by atoms with Gasteiger partial charge in [-0.25, -0.2) is 4.98 Å². The van der Waals surface area contributed by atoms with Crippen LogP contribution in [0.15, 0.2) is 66.7 Å². The van der Waals surface area contributed by atoms with Crippen LogP contribution in [-0.4, -0.2) is 9.97 Å². The molecule has 0 fully saturated rings. The minimum atomic E-state index is -0.0624. The number of nitrogens with zero attached hydrogens (tertiary/aromatic N) is 2. The second kappa shape index (κ2) is 5.82. The molecule has 1 aliphatic heterocycles. The van der Waals surface area contributed by atoms with Crippen molar-refractivity contribution in [1.82, 2.24) is 9.97 Å². The Hall–Kier alpha value is -2.91. The molecule has 126 valence electrons. The van der Waals surface area contributed by atoms with Gasteiger partial charge in [0.15, 0.2) is 0 Å². The Morgan fingerprint density at radius 2 is 1.65 bits per heavy atom. The van der Waals surface area contributed by atoms with Crippen molar-refractivity contribution in [3.05, 3.63) is 94.4 Å². The lowest BCUT2D eigenvalue weighted by molar-refractivity contribution is 0.435. The van der Waals surface area contributed by atoms with Gasteiger partial charge in [-0.05, 0) is 17.9 Å². The normalized spacial score (nSPS) is 15.2. The molecule has 3 nitrogen and oxygen atoms in total. The second-order valence-corrected chi connectivity index (χ2v) is 6.79. The van der Waals surface area contributed by atoms with Crippen molar-refractivity contribution in [2.75, 3.05) is 0 Å². The molecule has 2 heterocycles. The summed E-state index contributed by atoms with van der Waals surface area (Å²) >= 11 is 6.55. The Morgan fingerprint density at radius 3 is 2.50 bits per heavy atom. The Kier molecular flexibility index (Phi) is 3.44. The summed E-state index contributed by atoms with van der Waals surface area (Å²) < 4.78 is 6.27. The van der Waals surface area contributed by atoms with E-state index < -0.39 is 0 Å². The molecule has 1 aliphatic rings. The minimum Gasteiger partial charge on any atom is -0.438 e. The predicted octanol–water partition coefficient (Wildman–Crippen LogP) is 5.88. The summed E-state index contributed by atoms with van der Waals surface area (Å²) in [5, 5.41) is 2.66. The number of benzene rings is 3. The first-order valence-corrected chi connectivity index (χ1v) is 8.88. The van der Waals surface area contributed by atoms with E-state index in [4.69, 9.17) is 16.3 Å². The molecule has 4 aromatic rings. The monoisotopic (exact) mass is 358 g/mol. The first-order valence-electron chi connectivity index (χ1n) is 8.51. The third-order valence-corrected chi connectivity index (χ3v) is 5.11. The molecule has 3 aromatic carbocycles. The van der Waals surface area contributed by atoms with E-state index in [2.05, 4.69) is 46.4 Å². The largest absolute Gasteiger partial charge is 0.438 e. The molecule has 0 bridgehead atoms. The van der Waals surface area contributed by atoms with E-state index in [0.29, 0.717) is 16.9 Å². The molecule has 0 N–H and O–H groups in total. The van der Waals surface area contributed by atoms with Crippen molar-refractivity contribution in [2.24, 2.45) is 0 Å². The highest BCUT2D eigenvalue weighted by Gasteiger charge is 2.33. The quantitative estimate of drug-likeness (QED) is 0.351. The standard InChI is InChI=1S/C22H15ClN2O/c1-13-24-21(23)19-18(15-8-3-2-4-9-15)17-12-11-14-7-5-6-10-16(14)20(17)26-22(19)25-13/h2-12,18H,1H3. The van der Waals surface area contributed by atoms with Crippen LogP contribution < -0.4 is 4.74 Å². The fraction of sp³-hybridized carbons (Fsp3) is 0.0909. The van der Waals surface area contributed by atoms with Crippen molar-refractivity contribution in [3.63, 3.8) is 0 Å². The molecule has 0 saturated carbocycles. The molecule has 0 aliphatic carbocycles. The Morgan fingerprint density at radius 1 is 0.885 bits per heavy atom. The topological polar surface area (TPSA) is 35.0 Å². The number of hydrogen-bond donors (Lipinski definition) is 0. The van der Waals surface area contributed by atoms with Crippen molar-refractivity contribution in [3.8, 4) is 11.6 Å². The van der Waals surface area contributed by atoms with E-state index in [1.54, 1.807) is 0 Å². The van der Waals surface area contributed by atoms with E-state index >= 15 is 0 Å². The SMILES string of the molecule is Cc1nc(Cl)c2c(n1)Oc1c(ccc3ccccc13)C2c1ccccc1. The van der Waals surface area contributed by atoms with Gasteiger partial charge in [0.05, 0.1) is 5.56 Å². The van der Waals surface area contributed by atoms with Crippen LogP contribution in [0.25, 0.3) is 10.8 Å². The van der Waals surface area contributed by atoms with Crippen LogP contribution in [-0.2, 0) is 0 Å². The Balaban J connectivity index is 1.86. The van der Waals surface area contributed by atoms with Crippen LogP contribution in [0, 0.1) is 6.92 Å². The Labute approximate surface area is 156 Å². The number of aryl methyl sites for hydroxylation is 1. The van der Waals surface area contributed by atoms with Crippen LogP contribution in [0.5, 0.6) is 11.6 Å². The zero-order chi connectivity index (χ0) is 17.7.